The van der Waals surface area contributed by atoms with E-state index < -0.39 is 6.04 Å². The van der Waals surface area contributed by atoms with E-state index in [9.17, 15) is 14.7 Å². The van der Waals surface area contributed by atoms with Gasteiger partial charge in [0.25, 0.3) is 5.91 Å². The molecule has 2 aromatic carbocycles. The van der Waals surface area contributed by atoms with Gasteiger partial charge in [-0.1, -0.05) is 30.3 Å². The largest absolute Gasteiger partial charge is 0.508 e. The molecular formula is C23H26N2O3. The van der Waals surface area contributed by atoms with E-state index in [0.717, 1.165) is 32.4 Å². The summed E-state index contributed by atoms with van der Waals surface area (Å²) in [5.41, 5.74) is 1.66. The van der Waals surface area contributed by atoms with Crippen LogP contribution in [0, 0.1) is 11.8 Å². The predicted octanol–water partition coefficient (Wildman–Crippen LogP) is 2.86. The van der Waals surface area contributed by atoms with Crippen LogP contribution >= 0.6 is 0 Å². The smallest absolute Gasteiger partial charge is 0.251 e. The number of phenols is 1. The van der Waals surface area contributed by atoms with Crippen molar-refractivity contribution >= 4 is 11.7 Å². The monoisotopic (exact) mass is 378 g/mol. The molecule has 0 bridgehead atoms. The standard InChI is InChI=1S/C23H26N2O3/c26-18-8-6-17(7-9-18)23(28)25-21(16-10-12-24-13-11-16)22(27)20-14-19(20)15-4-2-1-3-5-15/h1-9,16,19-21,24,26H,10-14H2,(H,25,28). The molecule has 2 aromatic rings. The van der Waals surface area contributed by atoms with Gasteiger partial charge in [0.15, 0.2) is 5.78 Å². The van der Waals surface area contributed by atoms with E-state index in [1.807, 2.05) is 18.2 Å². The molecule has 4 rings (SSSR count). The van der Waals surface area contributed by atoms with Crippen LogP contribution in [0.25, 0.3) is 0 Å². The molecular weight excluding hydrogens is 352 g/mol. The first-order chi connectivity index (χ1) is 13.6. The fourth-order valence-electron chi connectivity index (χ4n) is 4.24. The normalized spacial score (nSPS) is 23.0. The molecule has 0 spiro atoms. The van der Waals surface area contributed by atoms with Crippen LogP contribution in [0.2, 0.25) is 0 Å². The number of aromatic hydroxyl groups is 1. The third kappa shape index (κ3) is 4.09. The van der Waals surface area contributed by atoms with Gasteiger partial charge < -0.3 is 15.7 Å². The number of piperidine rings is 1. The van der Waals surface area contributed by atoms with Crippen molar-refractivity contribution in [3.8, 4) is 5.75 Å². The number of rotatable bonds is 6. The van der Waals surface area contributed by atoms with Crippen LogP contribution in [0.4, 0.5) is 0 Å². The molecule has 1 amide bonds. The minimum atomic E-state index is -0.456. The molecule has 2 fully saturated rings. The van der Waals surface area contributed by atoms with Gasteiger partial charge in [-0.25, -0.2) is 0 Å². The summed E-state index contributed by atoms with van der Waals surface area (Å²) in [6.45, 7) is 1.74. The number of carbonyl (C=O) groups excluding carboxylic acids is 2. The van der Waals surface area contributed by atoms with Crippen molar-refractivity contribution in [3.63, 3.8) is 0 Å². The fraction of sp³-hybridized carbons (Fsp3) is 0.391. The Balaban J connectivity index is 1.49. The van der Waals surface area contributed by atoms with E-state index in [4.69, 9.17) is 0 Å². The molecule has 1 saturated heterocycles. The maximum absolute atomic E-state index is 13.3. The number of benzene rings is 2. The van der Waals surface area contributed by atoms with Crippen molar-refractivity contribution < 1.29 is 14.7 Å². The molecule has 0 aromatic heterocycles. The highest BCUT2D eigenvalue weighted by molar-refractivity contribution is 5.99. The van der Waals surface area contributed by atoms with Gasteiger partial charge in [0.05, 0.1) is 6.04 Å². The molecule has 28 heavy (non-hydrogen) atoms. The molecule has 3 atom stereocenters. The number of carbonyl (C=O) groups is 2. The zero-order chi connectivity index (χ0) is 19.5. The van der Waals surface area contributed by atoms with Crippen molar-refractivity contribution in [2.75, 3.05) is 13.1 Å². The predicted molar refractivity (Wildman–Crippen MR) is 107 cm³/mol. The Morgan fingerprint density at radius 3 is 2.36 bits per heavy atom. The molecule has 3 N–H and O–H groups in total. The van der Waals surface area contributed by atoms with Gasteiger partial charge in [-0.3, -0.25) is 9.59 Å². The first-order valence-corrected chi connectivity index (χ1v) is 10.0. The maximum Gasteiger partial charge on any atom is 0.251 e. The van der Waals surface area contributed by atoms with Crippen molar-refractivity contribution in [3.05, 3.63) is 65.7 Å². The first-order valence-electron chi connectivity index (χ1n) is 10.0. The average Bonchev–Trinajstić information content (AvgIpc) is 3.54. The van der Waals surface area contributed by atoms with Gasteiger partial charge in [-0.2, -0.15) is 0 Å². The average molecular weight is 378 g/mol. The van der Waals surface area contributed by atoms with E-state index in [2.05, 4.69) is 22.8 Å². The third-order valence-corrected chi connectivity index (χ3v) is 5.96. The second kappa shape index (κ2) is 8.15. The molecule has 146 valence electrons. The zero-order valence-corrected chi connectivity index (χ0v) is 15.8. The van der Waals surface area contributed by atoms with Crippen molar-refractivity contribution in [2.24, 2.45) is 11.8 Å². The highest BCUT2D eigenvalue weighted by Gasteiger charge is 2.47. The highest BCUT2D eigenvalue weighted by Crippen LogP contribution is 2.49. The number of nitrogens with one attached hydrogen (secondary N) is 2. The van der Waals surface area contributed by atoms with Crippen LogP contribution in [-0.2, 0) is 4.79 Å². The first kappa shape index (κ1) is 18.7. The Morgan fingerprint density at radius 2 is 1.68 bits per heavy atom. The van der Waals surface area contributed by atoms with Gasteiger partial charge in [0.1, 0.15) is 5.75 Å². The van der Waals surface area contributed by atoms with Crippen LogP contribution in [0.15, 0.2) is 54.6 Å². The van der Waals surface area contributed by atoms with Crippen molar-refractivity contribution in [2.45, 2.75) is 31.2 Å². The Hall–Kier alpha value is -2.66. The van der Waals surface area contributed by atoms with Gasteiger partial charge in [-0.15, -0.1) is 0 Å². The lowest BCUT2D eigenvalue weighted by atomic mass is 9.85. The zero-order valence-electron chi connectivity index (χ0n) is 15.8. The number of hydrogen-bond donors (Lipinski definition) is 3. The molecule has 1 heterocycles. The van der Waals surface area contributed by atoms with Gasteiger partial charge in [0, 0.05) is 11.5 Å². The van der Waals surface area contributed by atoms with E-state index in [1.165, 1.54) is 17.7 Å². The van der Waals surface area contributed by atoms with Crippen LogP contribution in [0.3, 0.4) is 0 Å². The summed E-state index contributed by atoms with van der Waals surface area (Å²) in [6.07, 6.45) is 2.63. The second-order valence-corrected chi connectivity index (χ2v) is 7.85. The van der Waals surface area contributed by atoms with Crippen LogP contribution in [0.5, 0.6) is 5.75 Å². The molecule has 1 saturated carbocycles. The van der Waals surface area contributed by atoms with Gasteiger partial charge in [0.2, 0.25) is 0 Å². The third-order valence-electron chi connectivity index (χ3n) is 5.96. The minimum absolute atomic E-state index is 0.0117. The summed E-state index contributed by atoms with van der Waals surface area (Å²) >= 11 is 0. The molecule has 2 aliphatic rings. The van der Waals surface area contributed by atoms with Crippen LogP contribution in [-0.4, -0.2) is 35.9 Å². The van der Waals surface area contributed by atoms with E-state index in [0.29, 0.717) is 5.56 Å². The van der Waals surface area contributed by atoms with E-state index >= 15 is 0 Å². The van der Waals surface area contributed by atoms with Crippen molar-refractivity contribution in [1.29, 1.82) is 0 Å². The van der Waals surface area contributed by atoms with Gasteiger partial charge in [-0.05, 0) is 74.0 Å². The molecule has 0 radical (unpaired) electrons. The number of amides is 1. The fourth-order valence-corrected chi connectivity index (χ4v) is 4.24. The van der Waals surface area contributed by atoms with E-state index in [1.54, 1.807) is 12.1 Å². The maximum atomic E-state index is 13.3. The van der Waals surface area contributed by atoms with E-state index in [-0.39, 0.29) is 35.2 Å². The Morgan fingerprint density at radius 1 is 1.00 bits per heavy atom. The van der Waals surface area contributed by atoms with Crippen LogP contribution in [0.1, 0.15) is 41.1 Å². The summed E-state index contributed by atoms with van der Waals surface area (Å²) in [4.78, 5) is 26.1. The highest BCUT2D eigenvalue weighted by atomic mass is 16.3. The number of phenolic OH excluding ortho intramolecular Hbond substituents is 1. The Bertz CT molecular complexity index is 829. The minimum Gasteiger partial charge on any atom is -0.508 e. The summed E-state index contributed by atoms with van der Waals surface area (Å²) in [5.74, 6) is 0.436. The van der Waals surface area contributed by atoms with Crippen molar-refractivity contribution in [1.82, 2.24) is 10.6 Å². The lowest BCUT2D eigenvalue weighted by Crippen LogP contribution is -2.49. The molecule has 5 nitrogen and oxygen atoms in total. The summed E-state index contributed by atoms with van der Waals surface area (Å²) in [5, 5.41) is 15.8. The Kier molecular flexibility index (Phi) is 5.44. The SMILES string of the molecule is O=C(NC(C(=O)C1CC1c1ccccc1)C1CCNCC1)c1ccc(O)cc1. The van der Waals surface area contributed by atoms with Crippen LogP contribution < -0.4 is 10.6 Å². The second-order valence-electron chi connectivity index (χ2n) is 7.85. The summed E-state index contributed by atoms with van der Waals surface area (Å²) < 4.78 is 0. The van der Waals surface area contributed by atoms with Gasteiger partial charge >= 0.3 is 0 Å². The number of Topliss-reactive ketones (excluding diaryl/α,β-unsaturated/α-hetero) is 1. The lowest BCUT2D eigenvalue weighted by Gasteiger charge is -2.30. The lowest BCUT2D eigenvalue weighted by molar-refractivity contribution is -0.123. The molecule has 1 aliphatic heterocycles. The Labute approximate surface area is 165 Å². The topological polar surface area (TPSA) is 78.4 Å². The number of hydrogen-bond acceptors (Lipinski definition) is 4. The summed E-state index contributed by atoms with van der Waals surface area (Å²) in [6, 6.07) is 15.8. The quantitative estimate of drug-likeness (QED) is 0.722. The molecule has 1 aliphatic carbocycles. The summed E-state index contributed by atoms with van der Waals surface area (Å²) in [7, 11) is 0. The molecule has 5 heteroatoms. The molecule has 3 unspecified atom stereocenters. The number of ketones is 1.